The monoisotopic (exact) mass is 589 g/mol. The lowest BCUT2D eigenvalue weighted by molar-refractivity contribution is -0.151. The van der Waals surface area contributed by atoms with Crippen molar-refractivity contribution in [1.82, 2.24) is 15.5 Å². The molecule has 8 nitrogen and oxygen atoms in total. The van der Waals surface area contributed by atoms with Crippen molar-refractivity contribution in [3.8, 4) is 0 Å². The lowest BCUT2D eigenvalue weighted by Gasteiger charge is -2.40. The Kier molecular flexibility index (Phi) is 8.01. The van der Waals surface area contributed by atoms with Gasteiger partial charge in [-0.25, -0.2) is 0 Å². The van der Waals surface area contributed by atoms with Crippen molar-refractivity contribution in [2.45, 2.75) is 96.7 Å². The van der Waals surface area contributed by atoms with Crippen molar-refractivity contribution in [2.24, 2.45) is 23.2 Å². The minimum Gasteiger partial charge on any atom is -0.394 e. The highest BCUT2D eigenvalue weighted by Crippen LogP contribution is 2.66. The molecule has 0 saturated carbocycles. The molecule has 2 bridgehead atoms. The molecule has 5 rings (SSSR count). The van der Waals surface area contributed by atoms with Crippen molar-refractivity contribution >= 4 is 17.7 Å². The van der Waals surface area contributed by atoms with Crippen LogP contribution in [0.5, 0.6) is 0 Å². The Morgan fingerprint density at radius 2 is 1.63 bits per heavy atom. The summed E-state index contributed by atoms with van der Waals surface area (Å²) >= 11 is 0. The van der Waals surface area contributed by atoms with Crippen LogP contribution in [0.15, 0.2) is 60.7 Å². The smallest absolute Gasteiger partial charge is 0.246 e. The molecule has 3 saturated heterocycles. The molecule has 232 valence electrons. The van der Waals surface area contributed by atoms with Gasteiger partial charge < -0.3 is 25.4 Å². The standard InChI is InChI=1S/C35H47N3O5/c1-22-18-35-27(26(34(22,7)43-35)29(40)36-19-23-14-10-8-11-15-23)31(42)38(25(20-39)24-16-12-9-13-17-24)28(35)30(41)37-33(5,6)21-32(2,3)4/h8-17,22,25-28,39H,18-21H2,1-7H3,(H,36,40)(H,37,41)/t22?,25-,26+,27+,28?,34-,35?/m1/s1. The number of amides is 3. The molecule has 3 aliphatic rings. The Bertz CT molecular complexity index is 1360. The Balaban J connectivity index is 1.56. The second kappa shape index (κ2) is 11.0. The van der Waals surface area contributed by atoms with E-state index in [-0.39, 0.29) is 35.7 Å². The van der Waals surface area contributed by atoms with Crippen LogP contribution in [-0.2, 0) is 25.7 Å². The van der Waals surface area contributed by atoms with Crippen molar-refractivity contribution in [2.75, 3.05) is 6.61 Å². The summed E-state index contributed by atoms with van der Waals surface area (Å²) in [5.41, 5.74) is -1.07. The highest BCUT2D eigenvalue weighted by Gasteiger charge is 2.80. The average molecular weight is 590 g/mol. The highest BCUT2D eigenvalue weighted by atomic mass is 16.5. The van der Waals surface area contributed by atoms with E-state index < -0.39 is 40.7 Å². The largest absolute Gasteiger partial charge is 0.394 e. The van der Waals surface area contributed by atoms with Gasteiger partial charge in [-0.05, 0) is 56.1 Å². The maximum absolute atomic E-state index is 14.7. The first-order valence-corrected chi connectivity index (χ1v) is 15.5. The van der Waals surface area contributed by atoms with E-state index in [1.54, 1.807) is 0 Å². The van der Waals surface area contributed by atoms with Gasteiger partial charge in [-0.15, -0.1) is 0 Å². The van der Waals surface area contributed by atoms with Crippen molar-refractivity contribution in [3.05, 3.63) is 71.8 Å². The molecule has 3 heterocycles. The third kappa shape index (κ3) is 5.48. The summed E-state index contributed by atoms with van der Waals surface area (Å²) in [6.07, 6.45) is 1.17. The van der Waals surface area contributed by atoms with E-state index in [0.717, 1.165) is 11.1 Å². The van der Waals surface area contributed by atoms with Gasteiger partial charge in [0.25, 0.3) is 0 Å². The molecule has 1 spiro atoms. The average Bonchev–Trinajstić information content (AvgIpc) is 3.44. The number of aliphatic hydroxyl groups excluding tert-OH is 1. The maximum Gasteiger partial charge on any atom is 0.246 e. The van der Waals surface area contributed by atoms with E-state index in [4.69, 9.17) is 4.74 Å². The van der Waals surface area contributed by atoms with Gasteiger partial charge in [-0.1, -0.05) is 88.4 Å². The molecule has 8 heteroatoms. The summed E-state index contributed by atoms with van der Waals surface area (Å²) in [6.45, 7) is 14.3. The van der Waals surface area contributed by atoms with Gasteiger partial charge in [0.05, 0.1) is 30.1 Å². The Morgan fingerprint density at radius 1 is 1.02 bits per heavy atom. The molecule has 2 aromatic carbocycles. The summed E-state index contributed by atoms with van der Waals surface area (Å²) in [5, 5.41) is 17.0. The summed E-state index contributed by atoms with van der Waals surface area (Å²) in [5.74, 6) is -2.62. The highest BCUT2D eigenvalue weighted by molar-refractivity contribution is 5.99. The van der Waals surface area contributed by atoms with Crippen molar-refractivity contribution in [1.29, 1.82) is 0 Å². The molecule has 3 fully saturated rings. The number of nitrogens with one attached hydrogen (secondary N) is 2. The van der Waals surface area contributed by atoms with Crippen LogP contribution < -0.4 is 10.6 Å². The number of carbonyl (C=O) groups excluding carboxylic acids is 3. The first-order valence-electron chi connectivity index (χ1n) is 15.5. The van der Waals surface area contributed by atoms with Crippen LogP contribution in [-0.4, -0.2) is 57.1 Å². The first-order chi connectivity index (χ1) is 20.1. The van der Waals surface area contributed by atoms with Gasteiger partial charge in [0.2, 0.25) is 17.7 Å². The summed E-state index contributed by atoms with van der Waals surface area (Å²) in [6, 6.07) is 17.1. The number of likely N-dealkylation sites (tertiary alicyclic amines) is 1. The number of rotatable bonds is 9. The Labute approximate surface area is 255 Å². The third-order valence-corrected chi connectivity index (χ3v) is 9.72. The molecule has 0 aromatic heterocycles. The van der Waals surface area contributed by atoms with E-state index in [0.29, 0.717) is 19.4 Å². The quantitative estimate of drug-likeness (QED) is 0.403. The lowest BCUT2D eigenvalue weighted by Crippen LogP contribution is -2.60. The minimum atomic E-state index is -1.20. The Morgan fingerprint density at radius 3 is 2.21 bits per heavy atom. The number of hydrogen-bond donors (Lipinski definition) is 3. The van der Waals surface area contributed by atoms with E-state index >= 15 is 0 Å². The molecule has 2 aromatic rings. The molecule has 3 N–H and O–H groups in total. The van der Waals surface area contributed by atoms with Crippen LogP contribution in [0.4, 0.5) is 0 Å². The second-order valence-electron chi connectivity index (χ2n) is 14.9. The van der Waals surface area contributed by atoms with Crippen LogP contribution in [0.1, 0.15) is 78.5 Å². The van der Waals surface area contributed by atoms with Crippen molar-refractivity contribution in [3.63, 3.8) is 0 Å². The van der Waals surface area contributed by atoms with Crippen LogP contribution in [0.25, 0.3) is 0 Å². The summed E-state index contributed by atoms with van der Waals surface area (Å²) < 4.78 is 6.88. The van der Waals surface area contributed by atoms with E-state index in [2.05, 4.69) is 31.4 Å². The minimum absolute atomic E-state index is 0.0489. The number of nitrogens with zero attached hydrogens (tertiary/aromatic N) is 1. The van der Waals surface area contributed by atoms with E-state index in [1.807, 2.05) is 88.4 Å². The van der Waals surface area contributed by atoms with E-state index in [9.17, 15) is 19.5 Å². The second-order valence-corrected chi connectivity index (χ2v) is 14.9. The number of fused-ring (bicyclic) bond motifs is 1. The first kappa shape index (κ1) is 31.2. The predicted molar refractivity (Wildman–Crippen MR) is 164 cm³/mol. The lowest BCUT2D eigenvalue weighted by atomic mass is 9.62. The SMILES string of the molecule is CC1CC23O[C@@]1(C)[C@H](C(=O)NCc1ccccc1)[C@H]2C(=O)N([C@H](CO)c1ccccc1)C3C(=O)NC(C)(C)CC(C)(C)C. The van der Waals surface area contributed by atoms with Gasteiger partial charge in [0, 0.05) is 12.1 Å². The fourth-order valence-electron chi connectivity index (χ4n) is 8.41. The zero-order valence-electron chi connectivity index (χ0n) is 26.5. The van der Waals surface area contributed by atoms with Crippen LogP contribution >= 0.6 is 0 Å². The third-order valence-electron chi connectivity index (χ3n) is 9.72. The number of aliphatic hydroxyl groups is 1. The molecular formula is C35H47N3O5. The molecule has 3 aliphatic heterocycles. The van der Waals surface area contributed by atoms with Gasteiger partial charge in [0.15, 0.2) is 0 Å². The summed E-state index contributed by atoms with van der Waals surface area (Å²) in [7, 11) is 0. The van der Waals surface area contributed by atoms with Crippen molar-refractivity contribution < 1.29 is 24.2 Å². The number of ether oxygens (including phenoxy) is 1. The van der Waals surface area contributed by atoms with Gasteiger partial charge in [0.1, 0.15) is 11.6 Å². The molecule has 43 heavy (non-hydrogen) atoms. The number of hydrogen-bond acceptors (Lipinski definition) is 5. The van der Waals surface area contributed by atoms with Gasteiger partial charge in [-0.2, -0.15) is 0 Å². The predicted octanol–water partition coefficient (Wildman–Crippen LogP) is 4.38. The summed E-state index contributed by atoms with van der Waals surface area (Å²) in [4.78, 5) is 44.7. The maximum atomic E-state index is 14.7. The molecule has 7 atom stereocenters. The molecule has 0 radical (unpaired) electrons. The van der Waals surface area contributed by atoms with Gasteiger partial charge in [-0.3, -0.25) is 14.4 Å². The van der Waals surface area contributed by atoms with Crippen LogP contribution in [0.3, 0.4) is 0 Å². The number of carbonyl (C=O) groups is 3. The molecule has 0 aliphatic carbocycles. The van der Waals surface area contributed by atoms with Crippen LogP contribution in [0, 0.1) is 23.2 Å². The zero-order chi connectivity index (χ0) is 31.4. The normalized spacial score (nSPS) is 30.7. The zero-order valence-corrected chi connectivity index (χ0v) is 26.5. The fourth-order valence-corrected chi connectivity index (χ4v) is 8.41. The molecular weight excluding hydrogens is 542 g/mol. The fraction of sp³-hybridized carbons (Fsp3) is 0.571. The van der Waals surface area contributed by atoms with Crippen LogP contribution in [0.2, 0.25) is 0 Å². The Hall–Kier alpha value is -3.23. The topological polar surface area (TPSA) is 108 Å². The van der Waals surface area contributed by atoms with Gasteiger partial charge >= 0.3 is 0 Å². The molecule has 3 amide bonds. The molecule has 3 unspecified atom stereocenters. The van der Waals surface area contributed by atoms with E-state index in [1.165, 1.54) is 4.90 Å². The number of benzene rings is 2.